The van der Waals surface area contributed by atoms with Crippen LogP contribution in [0.5, 0.6) is 0 Å². The summed E-state index contributed by atoms with van der Waals surface area (Å²) >= 11 is 6.08. The van der Waals surface area contributed by atoms with E-state index in [1.807, 2.05) is 13.0 Å². The molecular formula is C11H11ClO. The highest BCUT2D eigenvalue weighted by atomic mass is 35.5. The number of benzene rings is 1. The Labute approximate surface area is 82.7 Å². The van der Waals surface area contributed by atoms with Gasteiger partial charge in [-0.25, -0.2) is 0 Å². The Bertz CT molecular complexity index is 369. The van der Waals surface area contributed by atoms with Crippen molar-refractivity contribution in [3.05, 3.63) is 33.8 Å². The van der Waals surface area contributed by atoms with Crippen molar-refractivity contribution in [3.63, 3.8) is 0 Å². The molecule has 0 N–H and O–H groups in total. The zero-order valence-corrected chi connectivity index (χ0v) is 8.32. The van der Waals surface area contributed by atoms with E-state index in [0.717, 1.165) is 22.6 Å². The number of fused-ring (bicyclic) bond motifs is 1. The van der Waals surface area contributed by atoms with Crippen LogP contribution in [-0.2, 0) is 17.6 Å². The topological polar surface area (TPSA) is 17.1 Å². The number of hydrogen-bond donors (Lipinski definition) is 0. The van der Waals surface area contributed by atoms with Gasteiger partial charge in [-0.05, 0) is 36.1 Å². The molecule has 0 saturated carbocycles. The predicted octanol–water partition coefficient (Wildman–Crippen LogP) is 2.71. The lowest BCUT2D eigenvalue weighted by atomic mass is 9.90. The van der Waals surface area contributed by atoms with Crippen LogP contribution in [0.15, 0.2) is 12.1 Å². The zero-order valence-electron chi connectivity index (χ0n) is 7.56. The minimum Gasteiger partial charge on any atom is -0.299 e. The zero-order chi connectivity index (χ0) is 9.42. The molecule has 0 aliphatic heterocycles. The van der Waals surface area contributed by atoms with E-state index < -0.39 is 0 Å². The first-order valence-electron chi connectivity index (χ1n) is 4.46. The molecule has 1 aliphatic carbocycles. The normalized spacial score (nSPS) is 15.7. The maximum atomic E-state index is 11.2. The molecule has 0 fully saturated rings. The first-order valence-corrected chi connectivity index (χ1v) is 4.84. The number of Topliss-reactive ketones (excluding diaryl/α,β-unsaturated/α-hetero) is 1. The number of carbonyl (C=O) groups is 1. The fraction of sp³-hybridized carbons (Fsp3) is 0.364. The summed E-state index contributed by atoms with van der Waals surface area (Å²) in [6.45, 7) is 2.01. The molecule has 1 aromatic carbocycles. The average molecular weight is 195 g/mol. The Morgan fingerprint density at radius 3 is 2.85 bits per heavy atom. The lowest BCUT2D eigenvalue weighted by molar-refractivity contribution is -0.118. The molecule has 68 valence electrons. The van der Waals surface area contributed by atoms with Crippen molar-refractivity contribution in [2.75, 3.05) is 0 Å². The molecule has 0 amide bonds. The van der Waals surface area contributed by atoms with E-state index in [1.54, 1.807) is 0 Å². The largest absolute Gasteiger partial charge is 0.299 e. The van der Waals surface area contributed by atoms with Gasteiger partial charge in [-0.15, -0.1) is 0 Å². The molecule has 0 aromatic heterocycles. The quantitative estimate of drug-likeness (QED) is 0.621. The maximum Gasteiger partial charge on any atom is 0.137 e. The molecule has 2 heteroatoms. The summed E-state index contributed by atoms with van der Waals surface area (Å²) in [6.07, 6.45) is 2.03. The number of ketones is 1. The Hall–Kier alpha value is -0.820. The van der Waals surface area contributed by atoms with Gasteiger partial charge in [0.25, 0.3) is 0 Å². The molecule has 13 heavy (non-hydrogen) atoms. The third kappa shape index (κ3) is 1.61. The van der Waals surface area contributed by atoms with Gasteiger partial charge >= 0.3 is 0 Å². The van der Waals surface area contributed by atoms with Crippen LogP contribution in [0.4, 0.5) is 0 Å². The fourth-order valence-corrected chi connectivity index (χ4v) is 2.23. The molecule has 2 rings (SSSR count). The van der Waals surface area contributed by atoms with Crippen molar-refractivity contribution in [3.8, 4) is 0 Å². The second-order valence-corrected chi connectivity index (χ2v) is 4.01. The fourth-order valence-electron chi connectivity index (χ4n) is 1.85. The molecule has 1 aliphatic rings. The number of rotatable bonds is 0. The second-order valence-electron chi connectivity index (χ2n) is 3.60. The van der Waals surface area contributed by atoms with E-state index >= 15 is 0 Å². The van der Waals surface area contributed by atoms with Crippen LogP contribution in [0.3, 0.4) is 0 Å². The van der Waals surface area contributed by atoms with Gasteiger partial charge in [-0.3, -0.25) is 4.79 Å². The van der Waals surface area contributed by atoms with Crippen molar-refractivity contribution < 1.29 is 4.79 Å². The lowest BCUT2D eigenvalue weighted by Crippen LogP contribution is -2.13. The highest BCUT2D eigenvalue weighted by Crippen LogP contribution is 2.27. The van der Waals surface area contributed by atoms with Crippen LogP contribution in [-0.4, -0.2) is 5.78 Å². The van der Waals surface area contributed by atoms with Crippen molar-refractivity contribution in [2.24, 2.45) is 0 Å². The van der Waals surface area contributed by atoms with Gasteiger partial charge in [-0.1, -0.05) is 17.7 Å². The minimum atomic E-state index is 0.328. The average Bonchev–Trinajstić information content (AvgIpc) is 2.02. The molecule has 1 aromatic rings. The van der Waals surface area contributed by atoms with Gasteiger partial charge in [0.1, 0.15) is 5.78 Å². The molecular weight excluding hydrogens is 184 g/mol. The van der Waals surface area contributed by atoms with Crippen LogP contribution in [0.2, 0.25) is 5.02 Å². The first kappa shape index (κ1) is 8.76. The summed E-state index contributed by atoms with van der Waals surface area (Å²) < 4.78 is 0. The summed E-state index contributed by atoms with van der Waals surface area (Å²) in [5, 5.41) is 0.822. The first-order chi connectivity index (χ1) is 6.16. The smallest absolute Gasteiger partial charge is 0.137 e. The van der Waals surface area contributed by atoms with Gasteiger partial charge in [0.2, 0.25) is 0 Å². The second kappa shape index (κ2) is 3.15. The Balaban J connectivity index is 2.53. The number of aryl methyl sites for hydroxylation is 1. The number of hydrogen-bond acceptors (Lipinski definition) is 1. The molecule has 1 nitrogen and oxygen atoms in total. The Morgan fingerprint density at radius 1 is 1.31 bits per heavy atom. The third-order valence-corrected chi connectivity index (χ3v) is 2.81. The van der Waals surface area contributed by atoms with Crippen molar-refractivity contribution >= 4 is 17.4 Å². The van der Waals surface area contributed by atoms with Crippen molar-refractivity contribution in [1.82, 2.24) is 0 Å². The summed E-state index contributed by atoms with van der Waals surface area (Å²) in [4.78, 5) is 11.2. The van der Waals surface area contributed by atoms with Crippen LogP contribution in [0, 0.1) is 6.92 Å². The molecule has 0 spiro atoms. The van der Waals surface area contributed by atoms with E-state index in [9.17, 15) is 4.79 Å². The van der Waals surface area contributed by atoms with E-state index in [-0.39, 0.29) is 0 Å². The maximum absolute atomic E-state index is 11.2. The van der Waals surface area contributed by atoms with E-state index in [1.165, 1.54) is 5.56 Å². The van der Waals surface area contributed by atoms with Gasteiger partial charge in [-0.2, -0.15) is 0 Å². The van der Waals surface area contributed by atoms with Gasteiger partial charge in [0, 0.05) is 17.9 Å². The van der Waals surface area contributed by atoms with Gasteiger partial charge in [0.15, 0.2) is 0 Å². The van der Waals surface area contributed by atoms with Crippen LogP contribution >= 0.6 is 11.6 Å². The third-order valence-electron chi connectivity index (χ3n) is 2.47. The highest BCUT2D eigenvalue weighted by Gasteiger charge is 2.17. The summed E-state index contributed by atoms with van der Waals surface area (Å²) in [5.41, 5.74) is 3.44. The molecule has 0 heterocycles. The van der Waals surface area contributed by atoms with Crippen molar-refractivity contribution in [1.29, 1.82) is 0 Å². The summed E-state index contributed by atoms with van der Waals surface area (Å²) in [7, 11) is 0. The monoisotopic (exact) mass is 194 g/mol. The standard InChI is InChI=1S/C11H11ClO/c1-7-4-8-6-9(13)2-3-10(8)11(12)5-7/h4-5H,2-3,6H2,1H3. The minimum absolute atomic E-state index is 0.328. The van der Waals surface area contributed by atoms with E-state index in [2.05, 4.69) is 6.07 Å². The predicted molar refractivity (Wildman–Crippen MR) is 53.2 cm³/mol. The molecule has 0 unspecified atom stereocenters. The van der Waals surface area contributed by atoms with Crippen LogP contribution in [0.25, 0.3) is 0 Å². The van der Waals surface area contributed by atoms with Crippen LogP contribution < -0.4 is 0 Å². The van der Waals surface area contributed by atoms with Gasteiger partial charge in [0.05, 0.1) is 0 Å². The van der Waals surface area contributed by atoms with Crippen LogP contribution in [0.1, 0.15) is 23.1 Å². The Morgan fingerprint density at radius 2 is 2.08 bits per heavy atom. The lowest BCUT2D eigenvalue weighted by Gasteiger charge is -2.16. The van der Waals surface area contributed by atoms with Crippen molar-refractivity contribution in [2.45, 2.75) is 26.2 Å². The Kier molecular flexibility index (Phi) is 2.12. The molecule has 0 bridgehead atoms. The molecule has 0 radical (unpaired) electrons. The molecule has 0 saturated heterocycles. The van der Waals surface area contributed by atoms with Gasteiger partial charge < -0.3 is 0 Å². The SMILES string of the molecule is Cc1cc(Cl)c2c(c1)CC(=O)CC2. The molecule has 0 atom stereocenters. The van der Waals surface area contributed by atoms with E-state index in [0.29, 0.717) is 18.6 Å². The number of halogens is 1. The summed E-state index contributed by atoms with van der Waals surface area (Å²) in [6, 6.07) is 4.04. The number of carbonyl (C=O) groups excluding carboxylic acids is 1. The summed E-state index contributed by atoms with van der Waals surface area (Å²) in [5.74, 6) is 0.328. The highest BCUT2D eigenvalue weighted by molar-refractivity contribution is 6.31. The van der Waals surface area contributed by atoms with E-state index in [4.69, 9.17) is 11.6 Å².